The number of methoxy groups -OCH3 is 1. The fourth-order valence-electron chi connectivity index (χ4n) is 3.42. The van der Waals surface area contributed by atoms with E-state index in [2.05, 4.69) is 10.1 Å². The number of rotatable bonds is 6. The number of aromatic amines is 1. The topological polar surface area (TPSA) is 69.1 Å². The van der Waals surface area contributed by atoms with E-state index in [1.807, 2.05) is 73.3 Å². The minimum absolute atomic E-state index is 0.205. The quantitative estimate of drug-likeness (QED) is 0.500. The lowest BCUT2D eigenvalue weighted by molar-refractivity contribution is -0.144. The Balaban J connectivity index is 1.39. The van der Waals surface area contributed by atoms with Gasteiger partial charge in [0.15, 0.2) is 0 Å². The molecular weight excluding hydrogens is 366 g/mol. The predicted molar refractivity (Wildman–Crippen MR) is 111 cm³/mol. The van der Waals surface area contributed by atoms with Crippen LogP contribution in [0.15, 0.2) is 54.7 Å². The van der Waals surface area contributed by atoms with E-state index in [0.29, 0.717) is 0 Å². The summed E-state index contributed by atoms with van der Waals surface area (Å²) in [6, 6.07) is 15.7. The third-order valence-electron chi connectivity index (χ3n) is 4.90. The molecule has 0 amide bonds. The second kappa shape index (κ2) is 7.83. The largest absolute Gasteiger partial charge is 0.497 e. The van der Waals surface area contributed by atoms with Crippen LogP contribution in [0.25, 0.3) is 16.6 Å². The Kier molecular flexibility index (Phi) is 5.08. The summed E-state index contributed by atoms with van der Waals surface area (Å²) in [5.41, 5.74) is 5.84. The summed E-state index contributed by atoms with van der Waals surface area (Å²) in [6.07, 6.45) is 2.05. The molecule has 0 spiro atoms. The SMILES string of the molecule is COc1ccc2[nH]cc(CC(=O)OCc3ccc(-n4nc(C)cc4C)cc3)c2c1. The van der Waals surface area contributed by atoms with Gasteiger partial charge in [0.1, 0.15) is 12.4 Å². The van der Waals surface area contributed by atoms with Crippen molar-refractivity contribution in [2.75, 3.05) is 7.11 Å². The van der Waals surface area contributed by atoms with Crippen LogP contribution in [-0.2, 0) is 22.6 Å². The fraction of sp³-hybridized carbons (Fsp3) is 0.217. The Morgan fingerprint density at radius 1 is 1.10 bits per heavy atom. The molecule has 4 rings (SSSR count). The maximum absolute atomic E-state index is 12.3. The Morgan fingerprint density at radius 2 is 1.90 bits per heavy atom. The van der Waals surface area contributed by atoms with E-state index in [1.165, 1.54) is 0 Å². The molecule has 6 nitrogen and oxygen atoms in total. The summed E-state index contributed by atoms with van der Waals surface area (Å²) in [5.74, 6) is 0.491. The Morgan fingerprint density at radius 3 is 2.59 bits per heavy atom. The number of carbonyl (C=O) groups excluding carboxylic acids is 1. The van der Waals surface area contributed by atoms with Crippen molar-refractivity contribution in [1.29, 1.82) is 0 Å². The van der Waals surface area contributed by atoms with Crippen LogP contribution in [0.4, 0.5) is 0 Å². The first-order valence-corrected chi connectivity index (χ1v) is 9.45. The van der Waals surface area contributed by atoms with E-state index in [1.54, 1.807) is 7.11 Å². The van der Waals surface area contributed by atoms with Crippen LogP contribution in [0.5, 0.6) is 5.75 Å². The number of fused-ring (bicyclic) bond motifs is 1. The molecule has 2 heterocycles. The maximum Gasteiger partial charge on any atom is 0.310 e. The molecule has 0 aliphatic heterocycles. The van der Waals surface area contributed by atoms with Gasteiger partial charge >= 0.3 is 5.97 Å². The summed E-state index contributed by atoms with van der Waals surface area (Å²) < 4.78 is 12.6. The van der Waals surface area contributed by atoms with Gasteiger partial charge in [-0.25, -0.2) is 4.68 Å². The van der Waals surface area contributed by atoms with Crippen molar-refractivity contribution in [1.82, 2.24) is 14.8 Å². The third kappa shape index (κ3) is 4.01. The van der Waals surface area contributed by atoms with Gasteiger partial charge in [0, 0.05) is 22.8 Å². The highest BCUT2D eigenvalue weighted by Crippen LogP contribution is 2.24. The number of H-pyrrole nitrogens is 1. The van der Waals surface area contributed by atoms with E-state index in [-0.39, 0.29) is 19.0 Å². The van der Waals surface area contributed by atoms with E-state index < -0.39 is 0 Å². The molecule has 6 heteroatoms. The van der Waals surface area contributed by atoms with E-state index in [4.69, 9.17) is 9.47 Å². The molecular formula is C23H23N3O3. The number of esters is 1. The van der Waals surface area contributed by atoms with Gasteiger partial charge in [-0.2, -0.15) is 5.10 Å². The number of hydrogen-bond donors (Lipinski definition) is 1. The van der Waals surface area contributed by atoms with Gasteiger partial charge in [0.05, 0.1) is 24.9 Å². The smallest absolute Gasteiger partial charge is 0.310 e. The lowest BCUT2D eigenvalue weighted by Gasteiger charge is -2.08. The zero-order chi connectivity index (χ0) is 20.4. The molecule has 0 fully saturated rings. The Bertz CT molecular complexity index is 1160. The van der Waals surface area contributed by atoms with Crippen LogP contribution in [0.2, 0.25) is 0 Å². The molecule has 0 aliphatic carbocycles. The van der Waals surface area contributed by atoms with Crippen LogP contribution >= 0.6 is 0 Å². The summed E-state index contributed by atoms with van der Waals surface area (Å²) in [6.45, 7) is 4.24. The molecule has 0 radical (unpaired) electrons. The number of benzene rings is 2. The van der Waals surface area contributed by atoms with E-state index in [9.17, 15) is 4.79 Å². The monoisotopic (exact) mass is 389 g/mol. The minimum Gasteiger partial charge on any atom is -0.497 e. The van der Waals surface area contributed by atoms with E-state index in [0.717, 1.165) is 44.9 Å². The Labute approximate surface area is 169 Å². The molecule has 2 aromatic carbocycles. The van der Waals surface area contributed by atoms with Gasteiger partial charge in [0.25, 0.3) is 0 Å². The predicted octanol–water partition coefficient (Wildman–Crippen LogP) is 4.26. The molecule has 0 unspecified atom stereocenters. The van der Waals surface area contributed by atoms with Crippen LogP contribution in [0.1, 0.15) is 22.5 Å². The van der Waals surface area contributed by atoms with Crippen LogP contribution in [0, 0.1) is 13.8 Å². The number of hydrogen-bond acceptors (Lipinski definition) is 4. The second-order valence-corrected chi connectivity index (χ2v) is 7.07. The summed E-state index contributed by atoms with van der Waals surface area (Å²) in [4.78, 5) is 15.5. The van der Waals surface area contributed by atoms with Crippen molar-refractivity contribution in [2.45, 2.75) is 26.9 Å². The highest BCUT2D eigenvalue weighted by Gasteiger charge is 2.11. The first-order chi connectivity index (χ1) is 14.0. The number of nitrogens with one attached hydrogen (secondary N) is 1. The van der Waals surface area contributed by atoms with Crippen molar-refractivity contribution in [3.63, 3.8) is 0 Å². The maximum atomic E-state index is 12.3. The lowest BCUT2D eigenvalue weighted by Crippen LogP contribution is -2.08. The average molecular weight is 389 g/mol. The number of ether oxygens (including phenoxy) is 2. The molecule has 4 aromatic rings. The van der Waals surface area contributed by atoms with Crippen molar-refractivity contribution >= 4 is 16.9 Å². The molecule has 0 atom stereocenters. The standard InChI is InChI=1S/C23H23N3O3/c1-15-10-16(2)26(25-15)19-6-4-17(5-7-19)14-29-23(27)11-18-13-24-22-9-8-20(28-3)12-21(18)22/h4-10,12-13,24H,11,14H2,1-3H3. The third-order valence-corrected chi connectivity index (χ3v) is 4.90. The van der Waals surface area contributed by atoms with Crippen LogP contribution in [-0.4, -0.2) is 27.8 Å². The van der Waals surface area contributed by atoms with Gasteiger partial charge in [0.2, 0.25) is 0 Å². The molecule has 0 saturated heterocycles. The first kappa shape index (κ1) is 18.8. The molecule has 0 saturated carbocycles. The van der Waals surface area contributed by atoms with Crippen molar-refractivity contribution in [2.24, 2.45) is 0 Å². The van der Waals surface area contributed by atoms with Crippen molar-refractivity contribution in [3.05, 3.63) is 77.2 Å². The minimum atomic E-state index is -0.267. The molecule has 2 aromatic heterocycles. The lowest BCUT2D eigenvalue weighted by atomic mass is 10.1. The van der Waals surface area contributed by atoms with E-state index >= 15 is 0 Å². The molecule has 0 bridgehead atoms. The summed E-state index contributed by atoms with van der Waals surface area (Å²) in [5, 5.41) is 5.45. The second-order valence-electron chi connectivity index (χ2n) is 7.07. The number of aromatic nitrogens is 3. The molecule has 148 valence electrons. The zero-order valence-corrected chi connectivity index (χ0v) is 16.7. The van der Waals surface area contributed by atoms with Crippen LogP contribution in [0.3, 0.4) is 0 Å². The van der Waals surface area contributed by atoms with Gasteiger partial charge in [-0.05, 0) is 61.4 Å². The van der Waals surface area contributed by atoms with Crippen molar-refractivity contribution < 1.29 is 14.3 Å². The van der Waals surface area contributed by atoms with Gasteiger partial charge in [-0.15, -0.1) is 0 Å². The van der Waals surface area contributed by atoms with Crippen LogP contribution < -0.4 is 4.74 Å². The normalized spacial score (nSPS) is 11.0. The summed E-state index contributed by atoms with van der Waals surface area (Å²) in [7, 11) is 1.63. The summed E-state index contributed by atoms with van der Waals surface area (Å²) >= 11 is 0. The zero-order valence-electron chi connectivity index (χ0n) is 16.7. The highest BCUT2D eigenvalue weighted by atomic mass is 16.5. The molecule has 1 N–H and O–H groups in total. The first-order valence-electron chi connectivity index (χ1n) is 9.45. The number of carbonyl (C=O) groups is 1. The highest BCUT2D eigenvalue weighted by molar-refractivity contribution is 5.88. The Hall–Kier alpha value is -3.54. The molecule has 29 heavy (non-hydrogen) atoms. The molecule has 0 aliphatic rings. The van der Waals surface area contributed by atoms with Gasteiger partial charge in [-0.3, -0.25) is 4.79 Å². The number of nitrogens with zero attached hydrogens (tertiary/aromatic N) is 2. The number of aryl methyl sites for hydroxylation is 2. The average Bonchev–Trinajstić information content (AvgIpc) is 3.28. The van der Waals surface area contributed by atoms with Crippen molar-refractivity contribution in [3.8, 4) is 11.4 Å². The fourth-order valence-corrected chi connectivity index (χ4v) is 3.42. The van der Waals surface area contributed by atoms with Gasteiger partial charge < -0.3 is 14.5 Å². The van der Waals surface area contributed by atoms with Gasteiger partial charge in [-0.1, -0.05) is 12.1 Å².